The van der Waals surface area contributed by atoms with Gasteiger partial charge in [-0.3, -0.25) is 4.98 Å². The van der Waals surface area contributed by atoms with Crippen LogP contribution in [0.1, 0.15) is 40.5 Å². The molecule has 2 atom stereocenters. The highest BCUT2D eigenvalue weighted by atomic mass is 35.5. The van der Waals surface area contributed by atoms with E-state index in [1.54, 1.807) is 6.26 Å². The Hall–Kier alpha value is -3.09. The Balaban J connectivity index is 1.62. The van der Waals surface area contributed by atoms with E-state index < -0.39 is 0 Å². The molecule has 1 aromatic carbocycles. The predicted octanol–water partition coefficient (Wildman–Crippen LogP) is 5.97. The first-order chi connectivity index (χ1) is 15.5. The minimum Gasteiger partial charge on any atom is -0.467 e. The number of nitrogens with one attached hydrogen (secondary N) is 1. The van der Waals surface area contributed by atoms with Gasteiger partial charge in [-0.05, 0) is 86.2 Å². The lowest BCUT2D eigenvalue weighted by atomic mass is 9.96. The molecule has 1 saturated heterocycles. The molecule has 0 unspecified atom stereocenters. The van der Waals surface area contributed by atoms with Gasteiger partial charge in [0.15, 0.2) is 5.11 Å². The maximum atomic E-state index is 6.16. The fraction of sp³-hybridized carbons (Fsp3) is 0.200. The third-order valence-corrected chi connectivity index (χ3v) is 6.59. The molecule has 7 heteroatoms. The van der Waals surface area contributed by atoms with Crippen LogP contribution in [0.5, 0.6) is 0 Å². The van der Waals surface area contributed by atoms with Gasteiger partial charge >= 0.3 is 0 Å². The number of anilines is 1. The average molecular weight is 463 g/mol. The Labute approximate surface area is 197 Å². The molecule has 4 aromatic rings. The molecule has 5 nitrogen and oxygen atoms in total. The third kappa shape index (κ3) is 3.70. The highest BCUT2D eigenvalue weighted by Gasteiger charge is 2.42. The first-order valence-corrected chi connectivity index (χ1v) is 11.3. The number of benzene rings is 1. The molecule has 4 heterocycles. The number of hydrogen-bond donors (Lipinski definition) is 1. The Morgan fingerprint density at radius 1 is 1.09 bits per heavy atom. The van der Waals surface area contributed by atoms with Crippen molar-refractivity contribution in [3.05, 3.63) is 107 Å². The minimum atomic E-state index is -0.0862. The number of aromatic nitrogens is 2. The number of thiocarbonyl (C=S) groups is 1. The van der Waals surface area contributed by atoms with Crippen molar-refractivity contribution in [2.45, 2.75) is 32.5 Å². The van der Waals surface area contributed by atoms with Crippen LogP contribution in [0.15, 0.2) is 77.5 Å². The highest BCUT2D eigenvalue weighted by molar-refractivity contribution is 7.80. The number of rotatable bonds is 5. The molecular formula is C25H23ClN4OS. The van der Waals surface area contributed by atoms with Crippen LogP contribution in [-0.4, -0.2) is 14.7 Å². The van der Waals surface area contributed by atoms with Gasteiger partial charge in [0.25, 0.3) is 0 Å². The van der Waals surface area contributed by atoms with Gasteiger partial charge in [-0.2, -0.15) is 0 Å². The lowest BCUT2D eigenvalue weighted by molar-refractivity contribution is 0.488. The average Bonchev–Trinajstić information content (AvgIpc) is 3.50. The monoisotopic (exact) mass is 462 g/mol. The van der Waals surface area contributed by atoms with Crippen LogP contribution in [0.25, 0.3) is 0 Å². The molecule has 1 fully saturated rings. The van der Waals surface area contributed by atoms with Crippen molar-refractivity contribution < 1.29 is 4.42 Å². The normalized spacial score (nSPS) is 18.2. The van der Waals surface area contributed by atoms with Gasteiger partial charge in [0.05, 0.1) is 30.6 Å². The van der Waals surface area contributed by atoms with Crippen molar-refractivity contribution in [1.29, 1.82) is 0 Å². The summed E-state index contributed by atoms with van der Waals surface area (Å²) >= 11 is 12.0. The molecule has 1 aliphatic rings. The van der Waals surface area contributed by atoms with E-state index in [1.807, 2.05) is 60.8 Å². The molecule has 0 spiro atoms. The van der Waals surface area contributed by atoms with Crippen LogP contribution < -0.4 is 10.2 Å². The van der Waals surface area contributed by atoms with E-state index >= 15 is 0 Å². The predicted molar refractivity (Wildman–Crippen MR) is 131 cm³/mol. The Morgan fingerprint density at radius 2 is 1.91 bits per heavy atom. The van der Waals surface area contributed by atoms with Gasteiger partial charge in [0.2, 0.25) is 0 Å². The van der Waals surface area contributed by atoms with E-state index in [0.29, 0.717) is 16.7 Å². The fourth-order valence-corrected chi connectivity index (χ4v) is 4.95. The third-order valence-electron chi connectivity index (χ3n) is 6.03. The van der Waals surface area contributed by atoms with E-state index in [9.17, 15) is 0 Å². The molecule has 0 amide bonds. The summed E-state index contributed by atoms with van der Waals surface area (Å²) in [6, 6.07) is 19.8. The van der Waals surface area contributed by atoms with Gasteiger partial charge in [-0.1, -0.05) is 17.7 Å². The first-order valence-electron chi connectivity index (χ1n) is 10.5. The summed E-state index contributed by atoms with van der Waals surface area (Å²) in [7, 11) is 0. The van der Waals surface area contributed by atoms with Crippen molar-refractivity contribution in [2.75, 3.05) is 4.90 Å². The van der Waals surface area contributed by atoms with E-state index in [4.69, 9.17) is 28.2 Å². The second kappa shape index (κ2) is 8.45. The van der Waals surface area contributed by atoms with E-state index in [2.05, 4.69) is 39.7 Å². The van der Waals surface area contributed by atoms with Gasteiger partial charge in [0, 0.05) is 28.3 Å². The highest BCUT2D eigenvalue weighted by Crippen LogP contribution is 2.43. The number of furan rings is 1. The summed E-state index contributed by atoms with van der Waals surface area (Å²) in [5.74, 6) is 0.925. The lowest BCUT2D eigenvalue weighted by Gasteiger charge is -2.28. The zero-order valence-electron chi connectivity index (χ0n) is 17.8. The Kier molecular flexibility index (Phi) is 5.49. The van der Waals surface area contributed by atoms with Crippen molar-refractivity contribution in [1.82, 2.24) is 14.9 Å². The maximum Gasteiger partial charge on any atom is 0.174 e. The topological polar surface area (TPSA) is 46.2 Å². The SMILES string of the molecule is Cc1cc([C@H]2[C@@H](c3ccccn3)NC(=S)N2c2ccc(Cl)cc2)c(C)n1Cc1ccco1. The molecule has 32 heavy (non-hydrogen) atoms. The van der Waals surface area contributed by atoms with Crippen molar-refractivity contribution in [2.24, 2.45) is 0 Å². The standard InChI is InChI=1S/C25H23ClN4OS/c1-16-14-21(17(2)29(16)15-20-6-5-13-31-20)24-23(22-7-3-4-12-27-22)28-25(32)30(24)19-10-8-18(26)9-11-19/h3-14,23-24H,15H2,1-2H3,(H,28,32)/t23-,24+/m1/s1. The van der Waals surface area contributed by atoms with Crippen molar-refractivity contribution in [3.63, 3.8) is 0 Å². The van der Waals surface area contributed by atoms with Crippen LogP contribution >= 0.6 is 23.8 Å². The summed E-state index contributed by atoms with van der Waals surface area (Å²) in [5.41, 5.74) is 5.49. The van der Waals surface area contributed by atoms with Crippen LogP contribution in [-0.2, 0) is 6.54 Å². The summed E-state index contributed by atoms with van der Waals surface area (Å²) in [6.45, 7) is 4.97. The van der Waals surface area contributed by atoms with Gasteiger partial charge in [-0.25, -0.2) is 0 Å². The van der Waals surface area contributed by atoms with E-state index in [1.165, 1.54) is 17.0 Å². The fourth-order valence-electron chi connectivity index (χ4n) is 4.48. The summed E-state index contributed by atoms with van der Waals surface area (Å²) in [5, 5.41) is 4.88. The zero-order chi connectivity index (χ0) is 22.2. The number of hydrogen-bond acceptors (Lipinski definition) is 3. The maximum absolute atomic E-state index is 6.16. The Bertz CT molecular complexity index is 1240. The molecule has 1 aliphatic heterocycles. The van der Waals surface area contributed by atoms with Crippen LogP contribution in [0, 0.1) is 13.8 Å². The largest absolute Gasteiger partial charge is 0.467 e. The van der Waals surface area contributed by atoms with E-state index in [-0.39, 0.29) is 12.1 Å². The van der Waals surface area contributed by atoms with Crippen LogP contribution in [0.3, 0.4) is 0 Å². The number of halogens is 1. The van der Waals surface area contributed by atoms with E-state index in [0.717, 1.165) is 17.1 Å². The number of nitrogens with zero attached hydrogens (tertiary/aromatic N) is 3. The first kappa shape index (κ1) is 20.8. The lowest BCUT2D eigenvalue weighted by Crippen LogP contribution is -2.29. The summed E-state index contributed by atoms with van der Waals surface area (Å²) in [6.07, 6.45) is 3.53. The molecule has 0 bridgehead atoms. The molecule has 1 N–H and O–H groups in total. The van der Waals surface area contributed by atoms with Crippen molar-refractivity contribution in [3.8, 4) is 0 Å². The van der Waals surface area contributed by atoms with Gasteiger partial charge < -0.3 is 19.2 Å². The number of pyridine rings is 1. The van der Waals surface area contributed by atoms with Gasteiger partial charge in [-0.15, -0.1) is 0 Å². The molecule has 0 saturated carbocycles. The van der Waals surface area contributed by atoms with Crippen molar-refractivity contribution >= 4 is 34.6 Å². The van der Waals surface area contributed by atoms with Crippen LogP contribution in [0.4, 0.5) is 5.69 Å². The molecule has 5 rings (SSSR count). The van der Waals surface area contributed by atoms with Crippen LogP contribution in [0.2, 0.25) is 5.02 Å². The minimum absolute atomic E-state index is 0.0601. The second-order valence-corrected chi connectivity index (χ2v) is 8.79. The molecular weight excluding hydrogens is 440 g/mol. The molecule has 0 aliphatic carbocycles. The summed E-state index contributed by atoms with van der Waals surface area (Å²) < 4.78 is 7.89. The summed E-state index contributed by atoms with van der Waals surface area (Å²) in [4.78, 5) is 6.81. The second-order valence-electron chi connectivity index (χ2n) is 7.96. The number of aryl methyl sites for hydroxylation is 1. The zero-order valence-corrected chi connectivity index (χ0v) is 19.4. The quantitative estimate of drug-likeness (QED) is 0.370. The molecule has 3 aromatic heterocycles. The smallest absolute Gasteiger partial charge is 0.174 e. The van der Waals surface area contributed by atoms with Gasteiger partial charge in [0.1, 0.15) is 5.76 Å². The molecule has 0 radical (unpaired) electrons. The Morgan fingerprint density at radius 3 is 2.59 bits per heavy atom. The molecule has 162 valence electrons.